The van der Waals surface area contributed by atoms with Crippen molar-refractivity contribution in [3.63, 3.8) is 0 Å². The van der Waals surface area contributed by atoms with Crippen molar-refractivity contribution in [2.24, 2.45) is 0 Å². The molecule has 0 aliphatic carbocycles. The average Bonchev–Trinajstić information content (AvgIpc) is 2.80. The van der Waals surface area contributed by atoms with E-state index in [1.54, 1.807) is 0 Å². The Labute approximate surface area is 115 Å². The fourth-order valence-corrected chi connectivity index (χ4v) is 3.07. The SMILES string of the molecule is Nc1cc(Br)ccc1N1CCC2(CC1)OCCO2. The molecule has 0 amide bonds. The molecule has 2 aliphatic heterocycles. The van der Waals surface area contributed by atoms with Gasteiger partial charge in [0.15, 0.2) is 5.79 Å². The van der Waals surface area contributed by atoms with Gasteiger partial charge in [0.2, 0.25) is 0 Å². The number of ether oxygens (including phenoxy) is 2. The second kappa shape index (κ2) is 4.72. The molecule has 2 N–H and O–H groups in total. The number of nitrogens with zero attached hydrogens (tertiary/aromatic N) is 1. The third-order valence-electron chi connectivity index (χ3n) is 3.67. The van der Waals surface area contributed by atoms with Gasteiger partial charge in [-0.2, -0.15) is 0 Å². The second-order valence-electron chi connectivity index (χ2n) is 4.80. The quantitative estimate of drug-likeness (QED) is 0.809. The van der Waals surface area contributed by atoms with Crippen molar-refractivity contribution in [1.29, 1.82) is 0 Å². The van der Waals surface area contributed by atoms with Crippen molar-refractivity contribution >= 4 is 27.3 Å². The number of hydrogen-bond acceptors (Lipinski definition) is 4. The van der Waals surface area contributed by atoms with Crippen LogP contribution in [0.15, 0.2) is 22.7 Å². The second-order valence-corrected chi connectivity index (χ2v) is 5.71. The molecule has 18 heavy (non-hydrogen) atoms. The van der Waals surface area contributed by atoms with Gasteiger partial charge in [-0.25, -0.2) is 0 Å². The molecular formula is C13H17BrN2O2. The maximum Gasteiger partial charge on any atom is 0.171 e. The number of nitrogen functional groups attached to an aromatic ring is 1. The van der Waals surface area contributed by atoms with E-state index in [1.807, 2.05) is 12.1 Å². The van der Waals surface area contributed by atoms with Gasteiger partial charge in [-0.05, 0) is 18.2 Å². The number of anilines is 2. The number of rotatable bonds is 1. The summed E-state index contributed by atoms with van der Waals surface area (Å²) in [7, 11) is 0. The number of benzene rings is 1. The molecule has 2 aliphatic rings. The molecule has 0 saturated carbocycles. The lowest BCUT2D eigenvalue weighted by atomic mass is 10.0. The third-order valence-corrected chi connectivity index (χ3v) is 4.16. The van der Waals surface area contributed by atoms with Gasteiger partial charge in [0.1, 0.15) is 0 Å². The van der Waals surface area contributed by atoms with Crippen LogP contribution in [0.2, 0.25) is 0 Å². The fourth-order valence-electron chi connectivity index (χ4n) is 2.69. The van der Waals surface area contributed by atoms with Gasteiger partial charge < -0.3 is 20.1 Å². The predicted molar refractivity (Wildman–Crippen MR) is 74.6 cm³/mol. The Morgan fingerprint density at radius 2 is 1.83 bits per heavy atom. The van der Waals surface area contributed by atoms with Gasteiger partial charge in [0.25, 0.3) is 0 Å². The molecule has 2 fully saturated rings. The Kier molecular flexibility index (Phi) is 3.21. The van der Waals surface area contributed by atoms with E-state index in [9.17, 15) is 0 Å². The van der Waals surface area contributed by atoms with Crippen LogP contribution in [0.4, 0.5) is 11.4 Å². The van der Waals surface area contributed by atoms with Crippen LogP contribution in [-0.4, -0.2) is 32.1 Å². The minimum absolute atomic E-state index is 0.319. The van der Waals surface area contributed by atoms with E-state index in [0.29, 0.717) is 0 Å². The summed E-state index contributed by atoms with van der Waals surface area (Å²) in [6, 6.07) is 6.04. The van der Waals surface area contributed by atoms with Gasteiger partial charge in [0.05, 0.1) is 24.6 Å². The number of halogens is 1. The van der Waals surface area contributed by atoms with Crippen LogP contribution in [0.1, 0.15) is 12.8 Å². The summed E-state index contributed by atoms with van der Waals surface area (Å²) in [5.74, 6) is -0.319. The van der Waals surface area contributed by atoms with Crippen LogP contribution in [0.25, 0.3) is 0 Å². The molecule has 2 heterocycles. The Bertz CT molecular complexity index is 437. The number of nitrogens with two attached hydrogens (primary N) is 1. The Balaban J connectivity index is 1.72. The van der Waals surface area contributed by atoms with Gasteiger partial charge >= 0.3 is 0 Å². The van der Waals surface area contributed by atoms with Gasteiger partial charge in [-0.15, -0.1) is 0 Å². The molecule has 5 heteroatoms. The standard InChI is InChI=1S/C13H17BrN2O2/c14-10-1-2-12(11(15)9-10)16-5-3-13(4-6-16)17-7-8-18-13/h1-2,9H,3-8,15H2. The molecule has 2 saturated heterocycles. The first-order valence-electron chi connectivity index (χ1n) is 6.26. The first-order chi connectivity index (χ1) is 8.69. The molecule has 0 radical (unpaired) electrons. The van der Waals surface area contributed by atoms with Crippen molar-refractivity contribution in [2.75, 3.05) is 36.9 Å². The van der Waals surface area contributed by atoms with Crippen LogP contribution in [0.3, 0.4) is 0 Å². The van der Waals surface area contributed by atoms with E-state index < -0.39 is 0 Å². The monoisotopic (exact) mass is 312 g/mol. The minimum Gasteiger partial charge on any atom is -0.397 e. The van der Waals surface area contributed by atoms with E-state index in [0.717, 1.165) is 55.0 Å². The van der Waals surface area contributed by atoms with Crippen LogP contribution < -0.4 is 10.6 Å². The maximum absolute atomic E-state index is 6.06. The summed E-state index contributed by atoms with van der Waals surface area (Å²) in [6.07, 6.45) is 1.81. The summed E-state index contributed by atoms with van der Waals surface area (Å²) < 4.78 is 12.5. The van der Waals surface area contributed by atoms with Crippen molar-refractivity contribution in [2.45, 2.75) is 18.6 Å². The highest BCUT2D eigenvalue weighted by Gasteiger charge is 2.39. The average molecular weight is 313 g/mol. The Morgan fingerprint density at radius 1 is 1.17 bits per heavy atom. The highest BCUT2D eigenvalue weighted by Crippen LogP contribution is 2.35. The summed E-state index contributed by atoms with van der Waals surface area (Å²) in [4.78, 5) is 2.30. The van der Waals surface area contributed by atoms with Crippen molar-refractivity contribution < 1.29 is 9.47 Å². The molecule has 98 valence electrons. The highest BCUT2D eigenvalue weighted by molar-refractivity contribution is 9.10. The van der Waals surface area contributed by atoms with E-state index in [1.165, 1.54) is 0 Å². The van der Waals surface area contributed by atoms with Crippen molar-refractivity contribution in [3.05, 3.63) is 22.7 Å². The van der Waals surface area contributed by atoms with E-state index in [-0.39, 0.29) is 5.79 Å². The fraction of sp³-hybridized carbons (Fsp3) is 0.538. The first-order valence-corrected chi connectivity index (χ1v) is 7.06. The summed E-state index contributed by atoms with van der Waals surface area (Å²) in [6.45, 7) is 3.29. The zero-order chi connectivity index (χ0) is 12.6. The van der Waals surface area contributed by atoms with Crippen LogP contribution in [0.5, 0.6) is 0 Å². The lowest BCUT2D eigenvalue weighted by molar-refractivity contribution is -0.169. The maximum atomic E-state index is 6.06. The van der Waals surface area contributed by atoms with E-state index in [4.69, 9.17) is 15.2 Å². The van der Waals surface area contributed by atoms with Crippen molar-refractivity contribution in [1.82, 2.24) is 0 Å². The summed E-state index contributed by atoms with van der Waals surface area (Å²) in [5, 5.41) is 0. The topological polar surface area (TPSA) is 47.7 Å². The normalized spacial score (nSPS) is 22.6. The molecule has 0 unspecified atom stereocenters. The molecule has 3 rings (SSSR count). The van der Waals surface area contributed by atoms with Crippen LogP contribution in [0, 0.1) is 0 Å². The Hall–Kier alpha value is -0.780. The van der Waals surface area contributed by atoms with Crippen LogP contribution in [-0.2, 0) is 9.47 Å². The molecular weight excluding hydrogens is 296 g/mol. The molecule has 4 nitrogen and oxygen atoms in total. The largest absolute Gasteiger partial charge is 0.397 e. The molecule has 1 aromatic carbocycles. The highest BCUT2D eigenvalue weighted by atomic mass is 79.9. The smallest absolute Gasteiger partial charge is 0.171 e. The first kappa shape index (κ1) is 12.3. The molecule has 0 bridgehead atoms. The Morgan fingerprint density at radius 3 is 2.44 bits per heavy atom. The van der Waals surface area contributed by atoms with Gasteiger partial charge in [-0.3, -0.25) is 0 Å². The van der Waals surface area contributed by atoms with Crippen molar-refractivity contribution in [3.8, 4) is 0 Å². The minimum atomic E-state index is -0.319. The molecule has 1 spiro atoms. The predicted octanol–water partition coefficient (Wildman–Crippen LogP) is 2.37. The number of piperidine rings is 1. The number of hydrogen-bond donors (Lipinski definition) is 1. The summed E-state index contributed by atoms with van der Waals surface area (Å²) in [5.41, 5.74) is 7.98. The van der Waals surface area contributed by atoms with Crippen LogP contribution >= 0.6 is 15.9 Å². The van der Waals surface area contributed by atoms with E-state index >= 15 is 0 Å². The third kappa shape index (κ3) is 2.22. The zero-order valence-electron chi connectivity index (χ0n) is 10.2. The molecule has 1 aromatic rings. The lowest BCUT2D eigenvalue weighted by Gasteiger charge is -2.39. The van der Waals surface area contributed by atoms with Gasteiger partial charge in [0, 0.05) is 30.4 Å². The zero-order valence-corrected chi connectivity index (χ0v) is 11.8. The van der Waals surface area contributed by atoms with E-state index in [2.05, 4.69) is 26.9 Å². The molecule has 0 aromatic heterocycles. The van der Waals surface area contributed by atoms with Gasteiger partial charge in [-0.1, -0.05) is 15.9 Å². The lowest BCUT2D eigenvalue weighted by Crippen LogP contribution is -2.45. The molecule has 0 atom stereocenters. The summed E-state index contributed by atoms with van der Waals surface area (Å²) >= 11 is 3.43.